The minimum absolute atomic E-state index is 0. The van der Waals surface area contributed by atoms with Crippen LogP contribution in [0.4, 0.5) is 0 Å². The summed E-state index contributed by atoms with van der Waals surface area (Å²) in [5.74, 6) is 0. The summed E-state index contributed by atoms with van der Waals surface area (Å²) >= 11 is 0. The van der Waals surface area contributed by atoms with Crippen molar-refractivity contribution < 1.29 is 32.0 Å². The average molecular weight is 325 g/mol. The van der Waals surface area contributed by atoms with E-state index in [1.54, 1.807) is 0 Å². The van der Waals surface area contributed by atoms with Crippen molar-refractivity contribution in [3.63, 3.8) is 0 Å². The number of hydrogen-bond acceptors (Lipinski definition) is 3. The van der Waals surface area contributed by atoms with Gasteiger partial charge in [-0.2, -0.15) is 0 Å². The smallest absolute Gasteiger partial charge is 0.0360 e. The van der Waals surface area contributed by atoms with E-state index in [0.717, 1.165) is 0 Å². The van der Waals surface area contributed by atoms with E-state index in [1.165, 1.54) is 24.9 Å². The Balaban J connectivity index is -0.000000422. The first-order chi connectivity index (χ1) is 5.88. The van der Waals surface area contributed by atoms with Gasteiger partial charge in [0.15, 0.2) is 0 Å². The minimum Gasteiger partial charge on any atom is -0.870 e. The zero-order valence-corrected chi connectivity index (χ0v) is 12.3. The van der Waals surface area contributed by atoms with E-state index in [1.807, 2.05) is 18.5 Å². The minimum atomic E-state index is 0. The van der Waals surface area contributed by atoms with Gasteiger partial charge in [0.2, 0.25) is 0 Å². The van der Waals surface area contributed by atoms with Crippen LogP contribution in [0.15, 0.2) is 24.5 Å². The molecule has 1 atom stereocenters. The van der Waals surface area contributed by atoms with Gasteiger partial charge in [-0.25, -0.2) is 0 Å². The molecule has 3 N–H and O–H groups in total. The molecule has 16 heavy (non-hydrogen) atoms. The van der Waals surface area contributed by atoms with Crippen molar-refractivity contribution in [3.05, 3.63) is 30.1 Å². The summed E-state index contributed by atoms with van der Waals surface area (Å²) in [5.41, 5.74) is 1.36. The van der Waals surface area contributed by atoms with Crippen molar-refractivity contribution in [1.29, 1.82) is 0 Å². The molecule has 1 saturated heterocycles. The van der Waals surface area contributed by atoms with Crippen LogP contribution in [0.25, 0.3) is 0 Å². The Hall–Kier alpha value is 0.148. The van der Waals surface area contributed by atoms with Crippen molar-refractivity contribution >= 4 is 9.90 Å². The summed E-state index contributed by atoms with van der Waals surface area (Å²) < 4.78 is 0. The zero-order chi connectivity index (χ0) is 8.39. The van der Waals surface area contributed by atoms with Gasteiger partial charge in [-0.3, -0.25) is 9.88 Å². The van der Waals surface area contributed by atoms with E-state index >= 15 is 0 Å². The van der Waals surface area contributed by atoms with Gasteiger partial charge in [-0.1, -0.05) is 16.0 Å². The molecule has 4 nitrogen and oxygen atoms in total. The van der Waals surface area contributed by atoms with E-state index in [4.69, 9.17) is 0 Å². The van der Waals surface area contributed by atoms with Crippen molar-refractivity contribution in [2.45, 2.75) is 18.9 Å². The van der Waals surface area contributed by atoms with E-state index in [0.29, 0.717) is 6.04 Å². The molecule has 2 heterocycles. The number of pyridine rings is 1. The van der Waals surface area contributed by atoms with Gasteiger partial charge < -0.3 is 11.0 Å². The Morgan fingerprint density at radius 3 is 2.56 bits per heavy atom. The molecule has 0 spiro atoms. The maximum atomic E-state index is 4.14. The van der Waals surface area contributed by atoms with Gasteiger partial charge in [0, 0.05) is 39.5 Å². The summed E-state index contributed by atoms with van der Waals surface area (Å²) in [6.07, 6.45) is 6.41. The quantitative estimate of drug-likeness (QED) is 0.579. The number of nitrogens with zero attached hydrogens (tertiary/aromatic N) is 2. The molecule has 1 fully saturated rings. The molecule has 6 heteroatoms. The van der Waals surface area contributed by atoms with Crippen LogP contribution < -0.4 is 0 Å². The molecule has 1 aromatic heterocycles. The predicted octanol–water partition coefficient (Wildman–Crippen LogP) is 1.44. The SMILES string of the molecule is CN1CCC[C@H]1c1cccnc1.O.[Mo].[OH-].[PH]. The second kappa shape index (κ2) is 10.3. The molecule has 0 aromatic carbocycles. The van der Waals surface area contributed by atoms with E-state index in [-0.39, 0.29) is 41.9 Å². The Morgan fingerprint density at radius 2 is 2.12 bits per heavy atom. The molecule has 0 saturated carbocycles. The van der Waals surface area contributed by atoms with Crippen molar-refractivity contribution in [1.82, 2.24) is 9.88 Å². The Kier molecular flexibility index (Phi) is 13.8. The number of likely N-dealkylation sites (tertiary alicyclic amines) is 1. The molecule has 2 radical (unpaired) electrons. The van der Waals surface area contributed by atoms with Crippen molar-refractivity contribution in [2.24, 2.45) is 0 Å². The Bertz CT molecular complexity index is 264. The van der Waals surface area contributed by atoms with Crippen molar-refractivity contribution in [2.75, 3.05) is 13.6 Å². The van der Waals surface area contributed by atoms with Crippen LogP contribution in [0.2, 0.25) is 0 Å². The predicted molar refractivity (Wildman–Crippen MR) is 62.7 cm³/mol. The van der Waals surface area contributed by atoms with Crippen LogP contribution in [0.5, 0.6) is 0 Å². The van der Waals surface area contributed by atoms with Crippen LogP contribution in [0.1, 0.15) is 24.4 Å². The van der Waals surface area contributed by atoms with Crippen molar-refractivity contribution in [3.8, 4) is 0 Å². The van der Waals surface area contributed by atoms with Gasteiger partial charge >= 0.3 is 0 Å². The molecule has 0 unspecified atom stereocenters. The summed E-state index contributed by atoms with van der Waals surface area (Å²) in [4.78, 5) is 6.54. The monoisotopic (exact) mass is 327 g/mol. The standard InChI is InChI=1S/C10H14N2.Mo.2H2O.HP/c1-12-7-3-5-10(12)9-4-2-6-11-8-9;;;;/h2,4,6,8,10H,3,5,7H2,1H3;;2*1H2;1H/p-1/t10-;;;;/m0..../s1. The molecule has 2 rings (SSSR count). The molecule has 0 bridgehead atoms. The average Bonchev–Trinajstić information content (AvgIpc) is 2.53. The summed E-state index contributed by atoms with van der Waals surface area (Å²) in [6.45, 7) is 1.22. The second-order valence-electron chi connectivity index (χ2n) is 3.42. The zero-order valence-electron chi connectivity index (χ0n) is 9.26. The third kappa shape index (κ3) is 4.99. The summed E-state index contributed by atoms with van der Waals surface area (Å²) in [7, 11) is 2.19. The second-order valence-corrected chi connectivity index (χ2v) is 3.42. The first-order valence-corrected chi connectivity index (χ1v) is 4.48. The fraction of sp³-hybridized carbons (Fsp3) is 0.500. The van der Waals surface area contributed by atoms with E-state index in [9.17, 15) is 0 Å². The maximum Gasteiger partial charge on any atom is 0.0360 e. The fourth-order valence-electron chi connectivity index (χ4n) is 1.90. The van der Waals surface area contributed by atoms with Gasteiger partial charge in [-0.15, -0.1) is 0 Å². The number of hydrogen-bond donors (Lipinski definition) is 0. The van der Waals surface area contributed by atoms with Gasteiger partial charge in [0.05, 0.1) is 0 Å². The van der Waals surface area contributed by atoms with Gasteiger partial charge in [0.25, 0.3) is 0 Å². The largest absolute Gasteiger partial charge is 0.870 e. The Labute approximate surface area is 114 Å². The topological polar surface area (TPSA) is 77.6 Å². The Morgan fingerprint density at radius 1 is 1.44 bits per heavy atom. The molecule has 1 aliphatic heterocycles. The van der Waals surface area contributed by atoms with Crippen LogP contribution >= 0.6 is 9.90 Å². The van der Waals surface area contributed by atoms with E-state index in [2.05, 4.69) is 23.0 Å². The first-order valence-electron chi connectivity index (χ1n) is 4.48. The molecular weight excluding hydrogens is 307 g/mol. The molecule has 1 aromatic rings. The first kappa shape index (κ1) is 21.4. The third-order valence-electron chi connectivity index (χ3n) is 2.59. The normalized spacial score (nSPS) is 18.4. The van der Waals surface area contributed by atoms with Gasteiger partial charge in [-0.05, 0) is 38.1 Å². The maximum absolute atomic E-state index is 4.14. The molecule has 1 aliphatic rings. The summed E-state index contributed by atoms with van der Waals surface area (Å²) in [5, 5.41) is 0. The van der Waals surface area contributed by atoms with Gasteiger partial charge in [0.1, 0.15) is 0 Å². The number of aromatic nitrogens is 1. The fourth-order valence-corrected chi connectivity index (χ4v) is 1.90. The van der Waals surface area contributed by atoms with E-state index < -0.39 is 0 Å². The molecule has 92 valence electrons. The van der Waals surface area contributed by atoms with Crippen LogP contribution in [-0.2, 0) is 21.1 Å². The molecule has 0 aliphatic carbocycles. The molecular formula is C10H18MoN2O2P-. The van der Waals surface area contributed by atoms with Crippen LogP contribution in [-0.4, -0.2) is 34.4 Å². The van der Waals surface area contributed by atoms with Crippen LogP contribution in [0, 0.1) is 0 Å². The summed E-state index contributed by atoms with van der Waals surface area (Å²) in [6, 6.07) is 4.79. The third-order valence-corrected chi connectivity index (χ3v) is 2.59. The molecule has 0 amide bonds. The van der Waals surface area contributed by atoms with Crippen LogP contribution in [0.3, 0.4) is 0 Å². The number of rotatable bonds is 1.